The molecule has 1 heterocycles. The highest BCUT2D eigenvalue weighted by Gasteiger charge is 2.48. The summed E-state index contributed by atoms with van der Waals surface area (Å²) in [5.74, 6) is 0. The van der Waals surface area contributed by atoms with Crippen molar-refractivity contribution in [2.75, 3.05) is 0 Å². The van der Waals surface area contributed by atoms with Crippen molar-refractivity contribution < 1.29 is 0 Å². The van der Waals surface area contributed by atoms with Crippen molar-refractivity contribution in [3.63, 3.8) is 0 Å². The molecular formula is C13H31Cl2N3Si4. The van der Waals surface area contributed by atoms with Crippen LogP contribution in [0.15, 0.2) is 49.1 Å². The summed E-state index contributed by atoms with van der Waals surface area (Å²) in [6, 6.07) is 0. The fourth-order valence-electron chi connectivity index (χ4n) is 2.42. The molecule has 9 heteroatoms. The first-order chi connectivity index (χ1) is 9.36. The van der Waals surface area contributed by atoms with Gasteiger partial charge in [-0.05, 0) is 18.8 Å². The normalized spacial score (nSPS) is 34.3. The maximum Gasteiger partial charge on any atom is 0.270 e. The molecule has 1 aliphatic heterocycles. The van der Waals surface area contributed by atoms with Crippen LogP contribution in [0, 0.1) is 0 Å². The number of halogens is 2. The molecule has 0 saturated carbocycles. The van der Waals surface area contributed by atoms with Gasteiger partial charge in [0.2, 0.25) is 8.40 Å². The van der Waals surface area contributed by atoms with Crippen LogP contribution < -0.4 is 15.4 Å². The van der Waals surface area contributed by atoms with Gasteiger partial charge >= 0.3 is 0 Å². The van der Waals surface area contributed by atoms with Gasteiger partial charge in [0, 0.05) is 0 Å². The maximum absolute atomic E-state index is 5.50. The van der Waals surface area contributed by atoms with Gasteiger partial charge in [0.05, 0.1) is 0 Å². The molecule has 1 rings (SSSR count). The predicted molar refractivity (Wildman–Crippen MR) is 115 cm³/mol. The first kappa shape index (κ1) is 24.5. The number of nitrogens with one attached hydrogen (secondary N) is 2. The molecule has 2 atom stereocenters. The first-order valence-corrected chi connectivity index (χ1v) is 19.6. The molecule has 3 nitrogen and oxygen atoms in total. The van der Waals surface area contributed by atoms with Gasteiger partial charge in [-0.2, -0.15) is 0 Å². The zero-order valence-electron chi connectivity index (χ0n) is 14.3. The third-order valence-corrected chi connectivity index (χ3v) is 22.4. The van der Waals surface area contributed by atoms with Gasteiger partial charge < -0.3 is 15.4 Å². The second-order valence-corrected chi connectivity index (χ2v) is 26.6. The molecule has 0 aliphatic carbocycles. The molecule has 5 N–H and O–H groups in total. The van der Waals surface area contributed by atoms with Crippen molar-refractivity contribution in [2.24, 2.45) is 0 Å². The molecule has 1 fully saturated rings. The molecule has 0 aromatic rings. The Morgan fingerprint density at radius 3 is 1.41 bits per heavy atom. The monoisotopic (exact) mass is 411 g/mol. The van der Waals surface area contributed by atoms with Gasteiger partial charge in [0.25, 0.3) is 6.69 Å². The molecule has 0 radical (unpaired) electrons. The van der Waals surface area contributed by atoms with E-state index in [9.17, 15) is 0 Å². The van der Waals surface area contributed by atoms with Crippen molar-refractivity contribution in [3.05, 3.63) is 49.1 Å². The minimum absolute atomic E-state index is 0. The summed E-state index contributed by atoms with van der Waals surface area (Å²) in [5.41, 5.74) is 9.27. The zero-order valence-corrected chi connectivity index (χ0v) is 19.8. The molecule has 0 aromatic carbocycles. The van der Waals surface area contributed by atoms with E-state index in [1.165, 1.54) is 5.67 Å². The van der Waals surface area contributed by atoms with Crippen molar-refractivity contribution >= 4 is 53.7 Å². The third-order valence-electron chi connectivity index (χ3n) is 3.49. The summed E-state index contributed by atoms with van der Waals surface area (Å²) in [6.45, 7) is 22.3. The van der Waals surface area contributed by atoms with E-state index < -0.39 is 31.6 Å². The summed E-state index contributed by atoms with van der Waals surface area (Å²) in [4.78, 5) is 0. The Bertz CT molecular complexity index is 370. The van der Waals surface area contributed by atoms with Gasteiger partial charge in [-0.1, -0.05) is 35.9 Å². The molecule has 0 bridgehead atoms. The maximum atomic E-state index is 5.50. The first-order valence-electron chi connectivity index (χ1n) is 6.87. The third kappa shape index (κ3) is 8.23. The highest BCUT2D eigenvalue weighted by atomic mass is 35.7. The number of rotatable bonds is 4. The summed E-state index contributed by atoms with van der Waals surface area (Å²) in [6.07, 6.45) is 0. The van der Waals surface area contributed by atoms with E-state index in [1.807, 2.05) is 0 Å². The Balaban J connectivity index is 0. The highest BCUT2D eigenvalue weighted by molar-refractivity contribution is 7.47. The van der Waals surface area contributed by atoms with E-state index in [4.69, 9.17) is 22.2 Å². The van der Waals surface area contributed by atoms with Gasteiger partial charge in [-0.25, -0.2) is 0 Å². The Labute approximate surface area is 149 Å². The average molecular weight is 413 g/mol. The second-order valence-electron chi connectivity index (χ2n) is 6.24. The summed E-state index contributed by atoms with van der Waals surface area (Å²) in [7, 11) is -4.66. The summed E-state index contributed by atoms with van der Waals surface area (Å²) >= 11 is 11.0. The summed E-state index contributed by atoms with van der Waals surface area (Å²) in [5, 5.41) is 0. The van der Waals surface area contributed by atoms with Crippen LogP contribution >= 0.6 is 22.2 Å². The van der Waals surface area contributed by atoms with Gasteiger partial charge in [-0.3, -0.25) is 0 Å². The number of hydrogen-bond donors (Lipinski definition) is 3. The van der Waals surface area contributed by atoms with Crippen LogP contribution in [-0.4, -0.2) is 31.6 Å². The lowest BCUT2D eigenvalue weighted by molar-refractivity contribution is 1.15. The van der Waals surface area contributed by atoms with Crippen LogP contribution in [0.4, 0.5) is 0 Å². The van der Waals surface area contributed by atoms with Gasteiger partial charge in [0.15, 0.2) is 0 Å². The van der Waals surface area contributed by atoms with E-state index >= 15 is 0 Å². The highest BCUT2D eigenvalue weighted by Crippen LogP contribution is 2.25. The largest absolute Gasteiger partial charge is 0.344 e. The molecule has 1 aliphatic rings. The van der Waals surface area contributed by atoms with E-state index in [0.717, 1.165) is 0 Å². The predicted octanol–water partition coefficient (Wildman–Crippen LogP) is 4.54. The lowest BCUT2D eigenvalue weighted by atomic mass is 11.3. The van der Waals surface area contributed by atoms with Crippen LogP contribution in [0.2, 0.25) is 31.9 Å². The van der Waals surface area contributed by atoms with Crippen LogP contribution in [0.1, 0.15) is 0 Å². The zero-order chi connectivity index (χ0) is 16.9. The summed E-state index contributed by atoms with van der Waals surface area (Å²) < 4.78 is 7.63. The molecule has 0 aromatic heterocycles. The van der Waals surface area contributed by atoms with Crippen LogP contribution in [0.5, 0.6) is 0 Å². The molecule has 22 heavy (non-hydrogen) atoms. The van der Waals surface area contributed by atoms with Crippen molar-refractivity contribution in [2.45, 2.75) is 31.9 Å². The molecule has 128 valence electrons. The van der Waals surface area contributed by atoms with E-state index in [-0.39, 0.29) is 6.15 Å². The topological polar surface area (TPSA) is 59.1 Å². The van der Waals surface area contributed by atoms with Crippen LogP contribution in [0.25, 0.3) is 0 Å². The Morgan fingerprint density at radius 1 is 0.909 bits per heavy atom. The van der Waals surface area contributed by atoms with Gasteiger partial charge in [0.1, 0.15) is 16.5 Å². The minimum atomic E-state index is -1.92. The fourth-order valence-corrected chi connectivity index (χ4v) is 23.9. The van der Waals surface area contributed by atoms with E-state index in [2.05, 4.69) is 72.4 Å². The van der Waals surface area contributed by atoms with Gasteiger partial charge in [-0.15, -0.1) is 48.5 Å². The fraction of sp³-hybridized carbons (Fsp3) is 0.385. The van der Waals surface area contributed by atoms with Crippen LogP contribution in [-0.2, 0) is 0 Å². The quantitative estimate of drug-likeness (QED) is 0.469. The SMILES string of the molecule is C=C[Si](C)(Cl)Cl.C=C[Si]1(C)C[Si](C)(C=C)N[Si](C)(C=C)N1.N. The van der Waals surface area contributed by atoms with Crippen LogP contribution in [0.3, 0.4) is 0 Å². The lowest BCUT2D eigenvalue weighted by Gasteiger charge is -2.49. The number of hydrogen-bond acceptors (Lipinski definition) is 3. The Kier molecular flexibility index (Phi) is 9.98. The molecule has 1 saturated heterocycles. The van der Waals surface area contributed by atoms with Crippen molar-refractivity contribution in [1.29, 1.82) is 0 Å². The molecule has 2 unspecified atom stereocenters. The van der Waals surface area contributed by atoms with Crippen molar-refractivity contribution in [1.82, 2.24) is 15.4 Å². The average Bonchev–Trinajstić information content (AvgIpc) is 2.37. The molecular weight excluding hydrogens is 381 g/mol. The minimum Gasteiger partial charge on any atom is -0.344 e. The van der Waals surface area contributed by atoms with Crippen molar-refractivity contribution in [3.8, 4) is 0 Å². The standard InChI is InChI=1S/C10H22N2Si3.C3H6Cl2Si.H3N/c1-7-13(4)10-14(5,8-2)12-15(6,9-3)11-13;1-3-6(2,4)5;/h7-9,11-12H,1-3,10H2,4-6H3;3H,1H2,2H3;1H3. The molecule has 0 spiro atoms. The Morgan fingerprint density at radius 2 is 1.23 bits per heavy atom. The van der Waals surface area contributed by atoms with E-state index in [1.54, 1.807) is 12.2 Å². The smallest absolute Gasteiger partial charge is 0.270 e. The lowest BCUT2D eigenvalue weighted by Crippen LogP contribution is -2.80. The Hall–Kier alpha value is 0.288. The molecule has 0 amide bonds. The second kappa shape index (κ2) is 8.95. The van der Waals surface area contributed by atoms with E-state index in [0.29, 0.717) is 0 Å².